The van der Waals surface area contributed by atoms with Crippen LogP contribution in [-0.4, -0.2) is 20.0 Å². The summed E-state index contributed by atoms with van der Waals surface area (Å²) in [5.74, 6) is 0.993. The van der Waals surface area contributed by atoms with Crippen molar-refractivity contribution in [2.45, 2.75) is 20.8 Å². The van der Waals surface area contributed by atoms with Gasteiger partial charge in [-0.15, -0.1) is 10.2 Å². The van der Waals surface area contributed by atoms with Gasteiger partial charge in [-0.1, -0.05) is 30.3 Å². The van der Waals surface area contributed by atoms with Gasteiger partial charge in [-0.25, -0.2) is 9.07 Å². The SMILES string of the molecule is Cc1cc(C)n(-c2nnc(Nc3ccc(C)c(F)c3)c3ccccc23)n1. The number of hydrogen-bond acceptors (Lipinski definition) is 4. The molecule has 0 unspecified atom stereocenters. The zero-order valence-electron chi connectivity index (χ0n) is 14.8. The zero-order chi connectivity index (χ0) is 18.3. The first-order valence-corrected chi connectivity index (χ1v) is 8.35. The Morgan fingerprint density at radius 2 is 1.69 bits per heavy atom. The molecule has 0 saturated carbocycles. The molecule has 0 radical (unpaired) electrons. The van der Waals surface area contributed by atoms with Gasteiger partial charge < -0.3 is 5.32 Å². The first-order chi connectivity index (χ1) is 12.5. The molecule has 0 fully saturated rings. The van der Waals surface area contributed by atoms with E-state index in [1.807, 2.05) is 50.2 Å². The minimum atomic E-state index is -0.258. The highest BCUT2D eigenvalue weighted by Crippen LogP contribution is 2.28. The van der Waals surface area contributed by atoms with Crippen LogP contribution in [0.3, 0.4) is 0 Å². The standard InChI is InChI=1S/C20H18FN5/c1-12-8-9-15(11-18(12)21)22-19-16-6-4-5-7-17(16)20(24-23-19)26-14(3)10-13(2)25-26/h4-11H,1-3H3,(H,22,23). The second kappa shape index (κ2) is 6.22. The average Bonchev–Trinajstić information content (AvgIpc) is 2.96. The van der Waals surface area contributed by atoms with Crippen molar-refractivity contribution in [1.82, 2.24) is 20.0 Å². The molecule has 1 N–H and O–H groups in total. The maximum atomic E-state index is 13.8. The molecule has 4 rings (SSSR count). The quantitative estimate of drug-likeness (QED) is 0.587. The molecule has 0 saturated heterocycles. The Balaban J connectivity index is 1.84. The molecule has 0 aliphatic heterocycles. The van der Waals surface area contributed by atoms with Crippen molar-refractivity contribution in [1.29, 1.82) is 0 Å². The number of nitrogens with one attached hydrogen (secondary N) is 1. The number of benzene rings is 2. The van der Waals surface area contributed by atoms with Crippen LogP contribution in [0.25, 0.3) is 16.6 Å². The van der Waals surface area contributed by atoms with Crippen molar-refractivity contribution in [3.05, 3.63) is 71.3 Å². The van der Waals surface area contributed by atoms with E-state index in [9.17, 15) is 4.39 Å². The van der Waals surface area contributed by atoms with E-state index in [-0.39, 0.29) is 5.82 Å². The van der Waals surface area contributed by atoms with Crippen LogP contribution in [0.1, 0.15) is 17.0 Å². The lowest BCUT2D eigenvalue weighted by molar-refractivity contribution is 0.619. The number of fused-ring (bicyclic) bond motifs is 1. The third kappa shape index (κ3) is 2.79. The molecule has 0 amide bonds. The molecular formula is C20H18FN5. The summed E-state index contributed by atoms with van der Waals surface area (Å²) in [7, 11) is 0. The Morgan fingerprint density at radius 1 is 0.923 bits per heavy atom. The van der Waals surface area contributed by atoms with Crippen molar-refractivity contribution >= 4 is 22.3 Å². The molecule has 130 valence electrons. The lowest BCUT2D eigenvalue weighted by Gasteiger charge is -2.12. The van der Waals surface area contributed by atoms with Gasteiger partial charge in [-0.2, -0.15) is 5.10 Å². The molecule has 26 heavy (non-hydrogen) atoms. The van der Waals surface area contributed by atoms with Gasteiger partial charge in [0.1, 0.15) is 5.82 Å². The lowest BCUT2D eigenvalue weighted by atomic mass is 10.1. The minimum Gasteiger partial charge on any atom is -0.338 e. The molecule has 0 bridgehead atoms. The van der Waals surface area contributed by atoms with E-state index in [4.69, 9.17) is 0 Å². The van der Waals surface area contributed by atoms with E-state index in [1.165, 1.54) is 6.07 Å². The second-order valence-electron chi connectivity index (χ2n) is 6.35. The Morgan fingerprint density at radius 3 is 2.38 bits per heavy atom. The number of nitrogens with zero attached hydrogens (tertiary/aromatic N) is 4. The van der Waals surface area contributed by atoms with E-state index in [1.54, 1.807) is 17.7 Å². The summed E-state index contributed by atoms with van der Waals surface area (Å²) in [5, 5.41) is 18.2. The monoisotopic (exact) mass is 347 g/mol. The van der Waals surface area contributed by atoms with Gasteiger partial charge in [0.25, 0.3) is 0 Å². The molecule has 0 atom stereocenters. The predicted octanol–water partition coefficient (Wildman–Crippen LogP) is 4.62. The summed E-state index contributed by atoms with van der Waals surface area (Å²) < 4.78 is 15.6. The van der Waals surface area contributed by atoms with E-state index in [0.29, 0.717) is 22.9 Å². The fourth-order valence-electron chi connectivity index (χ4n) is 2.99. The summed E-state index contributed by atoms with van der Waals surface area (Å²) in [6.45, 7) is 5.66. The first-order valence-electron chi connectivity index (χ1n) is 8.35. The number of aryl methyl sites for hydroxylation is 3. The predicted molar refractivity (Wildman–Crippen MR) is 101 cm³/mol. The van der Waals surface area contributed by atoms with Crippen LogP contribution in [0.2, 0.25) is 0 Å². The van der Waals surface area contributed by atoms with E-state index in [0.717, 1.165) is 22.2 Å². The summed E-state index contributed by atoms with van der Waals surface area (Å²) in [6, 6.07) is 14.9. The second-order valence-corrected chi connectivity index (χ2v) is 6.35. The number of hydrogen-bond donors (Lipinski definition) is 1. The van der Waals surface area contributed by atoms with Gasteiger partial charge >= 0.3 is 0 Å². The van der Waals surface area contributed by atoms with E-state index >= 15 is 0 Å². The summed E-state index contributed by atoms with van der Waals surface area (Å²) in [6.07, 6.45) is 0. The summed E-state index contributed by atoms with van der Waals surface area (Å²) in [5.41, 5.74) is 3.15. The molecule has 6 heteroatoms. The van der Waals surface area contributed by atoms with Crippen molar-refractivity contribution < 1.29 is 4.39 Å². The molecule has 2 aromatic carbocycles. The fourth-order valence-corrected chi connectivity index (χ4v) is 2.99. The van der Waals surface area contributed by atoms with Gasteiger partial charge in [0, 0.05) is 22.2 Å². The van der Waals surface area contributed by atoms with Crippen LogP contribution in [0.5, 0.6) is 0 Å². The smallest absolute Gasteiger partial charge is 0.183 e. The van der Waals surface area contributed by atoms with E-state index in [2.05, 4.69) is 20.6 Å². The highest BCUT2D eigenvalue weighted by atomic mass is 19.1. The fraction of sp³-hybridized carbons (Fsp3) is 0.150. The van der Waals surface area contributed by atoms with Gasteiger partial charge in [0.2, 0.25) is 0 Å². The Hall–Kier alpha value is -3.28. The Labute approximate surface area is 150 Å². The van der Waals surface area contributed by atoms with Crippen molar-refractivity contribution in [2.75, 3.05) is 5.32 Å². The Bertz CT molecular complexity index is 1120. The minimum absolute atomic E-state index is 0.258. The van der Waals surface area contributed by atoms with Gasteiger partial charge in [0.05, 0.1) is 5.69 Å². The molecule has 5 nitrogen and oxygen atoms in total. The van der Waals surface area contributed by atoms with Gasteiger partial charge in [0.15, 0.2) is 11.6 Å². The molecule has 0 spiro atoms. The number of halogens is 1. The number of rotatable bonds is 3. The van der Waals surface area contributed by atoms with Gasteiger partial charge in [-0.05, 0) is 44.5 Å². The average molecular weight is 347 g/mol. The van der Waals surface area contributed by atoms with Crippen LogP contribution in [0.4, 0.5) is 15.9 Å². The highest BCUT2D eigenvalue weighted by Gasteiger charge is 2.13. The van der Waals surface area contributed by atoms with Crippen molar-refractivity contribution in [3.8, 4) is 5.82 Å². The molecule has 0 aliphatic carbocycles. The molecule has 2 heterocycles. The van der Waals surface area contributed by atoms with Crippen LogP contribution >= 0.6 is 0 Å². The lowest BCUT2D eigenvalue weighted by Crippen LogP contribution is -2.06. The number of aromatic nitrogens is 4. The van der Waals surface area contributed by atoms with Crippen molar-refractivity contribution in [3.63, 3.8) is 0 Å². The van der Waals surface area contributed by atoms with Crippen LogP contribution in [0, 0.1) is 26.6 Å². The third-order valence-corrected chi connectivity index (χ3v) is 4.31. The van der Waals surface area contributed by atoms with Gasteiger partial charge in [-0.3, -0.25) is 0 Å². The first kappa shape index (κ1) is 16.2. The topological polar surface area (TPSA) is 55.6 Å². The molecular weight excluding hydrogens is 329 g/mol. The molecule has 0 aliphatic rings. The normalized spacial score (nSPS) is 11.1. The maximum Gasteiger partial charge on any atom is 0.183 e. The van der Waals surface area contributed by atoms with E-state index < -0.39 is 0 Å². The molecule has 4 aromatic rings. The largest absolute Gasteiger partial charge is 0.338 e. The third-order valence-electron chi connectivity index (χ3n) is 4.31. The van der Waals surface area contributed by atoms with Crippen LogP contribution in [-0.2, 0) is 0 Å². The zero-order valence-corrected chi connectivity index (χ0v) is 14.8. The van der Waals surface area contributed by atoms with Crippen molar-refractivity contribution in [2.24, 2.45) is 0 Å². The summed E-state index contributed by atoms with van der Waals surface area (Å²) >= 11 is 0. The van der Waals surface area contributed by atoms with Crippen LogP contribution < -0.4 is 5.32 Å². The Kier molecular flexibility index (Phi) is 3.88. The highest BCUT2D eigenvalue weighted by molar-refractivity contribution is 5.97. The maximum absolute atomic E-state index is 13.8. The number of anilines is 2. The molecule has 2 aromatic heterocycles. The summed E-state index contributed by atoms with van der Waals surface area (Å²) in [4.78, 5) is 0. The van der Waals surface area contributed by atoms with Crippen LogP contribution in [0.15, 0.2) is 48.5 Å².